The normalized spacial score (nSPS) is 10.3. The van der Waals surface area contributed by atoms with Crippen LogP contribution in [0.25, 0.3) is 0 Å². The van der Waals surface area contributed by atoms with Gasteiger partial charge in [-0.2, -0.15) is 0 Å². The molecule has 0 atom stereocenters. The van der Waals surface area contributed by atoms with Gasteiger partial charge < -0.3 is 9.47 Å². The van der Waals surface area contributed by atoms with Crippen LogP contribution in [0.4, 0.5) is 4.39 Å². The molecule has 0 heterocycles. The molecule has 0 aliphatic rings. The van der Waals surface area contributed by atoms with Gasteiger partial charge in [0, 0.05) is 7.11 Å². The van der Waals surface area contributed by atoms with Gasteiger partial charge in [0.2, 0.25) is 0 Å². The molecule has 13 heavy (non-hydrogen) atoms. The zero-order valence-corrected chi connectivity index (χ0v) is 7.63. The summed E-state index contributed by atoms with van der Waals surface area (Å²) in [4.78, 5) is 0. The zero-order chi connectivity index (χ0) is 9.52. The molecule has 0 unspecified atom stereocenters. The van der Waals surface area contributed by atoms with Crippen molar-refractivity contribution in [2.75, 3.05) is 20.3 Å². The monoisotopic (exact) mass is 184 g/mol. The van der Waals surface area contributed by atoms with Crippen LogP contribution in [0.1, 0.15) is 5.56 Å². The van der Waals surface area contributed by atoms with Crippen molar-refractivity contribution in [3.05, 3.63) is 35.6 Å². The second kappa shape index (κ2) is 5.67. The Morgan fingerprint density at radius 3 is 2.46 bits per heavy atom. The van der Waals surface area contributed by atoms with Gasteiger partial charge >= 0.3 is 0 Å². The van der Waals surface area contributed by atoms with E-state index in [4.69, 9.17) is 9.47 Å². The first-order valence-electron chi connectivity index (χ1n) is 4.14. The van der Waals surface area contributed by atoms with E-state index < -0.39 is 0 Å². The Morgan fingerprint density at radius 1 is 1.15 bits per heavy atom. The van der Waals surface area contributed by atoms with Crippen LogP contribution in [0.5, 0.6) is 0 Å². The summed E-state index contributed by atoms with van der Waals surface area (Å²) in [5, 5.41) is 0. The molecule has 1 aromatic carbocycles. The molecule has 3 heteroatoms. The van der Waals surface area contributed by atoms with Crippen molar-refractivity contribution in [3.8, 4) is 0 Å². The number of rotatable bonds is 5. The number of hydrogen-bond donors (Lipinski definition) is 0. The first-order valence-corrected chi connectivity index (χ1v) is 4.14. The van der Waals surface area contributed by atoms with E-state index in [2.05, 4.69) is 0 Å². The number of benzene rings is 1. The molecule has 0 N–H and O–H groups in total. The Labute approximate surface area is 77.3 Å². The summed E-state index contributed by atoms with van der Waals surface area (Å²) in [6, 6.07) is 6.27. The summed E-state index contributed by atoms with van der Waals surface area (Å²) in [6.45, 7) is 1.65. The van der Waals surface area contributed by atoms with Gasteiger partial charge in [0.1, 0.15) is 5.82 Å². The number of ether oxygens (including phenoxy) is 2. The molecule has 0 aliphatic heterocycles. The molecule has 0 saturated heterocycles. The lowest BCUT2D eigenvalue weighted by atomic mass is 10.2. The van der Waals surface area contributed by atoms with Crippen molar-refractivity contribution in [1.29, 1.82) is 0 Å². The predicted molar refractivity (Wildman–Crippen MR) is 47.9 cm³/mol. The van der Waals surface area contributed by atoms with E-state index in [1.165, 1.54) is 12.1 Å². The highest BCUT2D eigenvalue weighted by Gasteiger charge is 1.93. The van der Waals surface area contributed by atoms with E-state index in [0.717, 1.165) is 5.56 Å². The summed E-state index contributed by atoms with van der Waals surface area (Å²) >= 11 is 0. The molecule has 0 bridgehead atoms. The lowest BCUT2D eigenvalue weighted by Gasteiger charge is -2.02. The lowest BCUT2D eigenvalue weighted by molar-refractivity contribution is 0.0616. The molecule has 0 amide bonds. The van der Waals surface area contributed by atoms with E-state index >= 15 is 0 Å². The van der Waals surface area contributed by atoms with Crippen molar-refractivity contribution in [3.63, 3.8) is 0 Å². The number of methoxy groups -OCH3 is 1. The van der Waals surface area contributed by atoms with Crippen molar-refractivity contribution in [2.45, 2.75) is 6.61 Å². The summed E-state index contributed by atoms with van der Waals surface area (Å²) in [5.41, 5.74) is 0.970. The fraction of sp³-hybridized carbons (Fsp3) is 0.400. The molecule has 0 aliphatic carbocycles. The molecule has 1 aromatic rings. The smallest absolute Gasteiger partial charge is 0.123 e. The van der Waals surface area contributed by atoms with Crippen LogP contribution in [0.2, 0.25) is 0 Å². The van der Waals surface area contributed by atoms with Crippen LogP contribution in [-0.4, -0.2) is 20.3 Å². The lowest BCUT2D eigenvalue weighted by Crippen LogP contribution is -2.01. The van der Waals surface area contributed by atoms with Gasteiger partial charge in [-0.05, 0) is 17.7 Å². The standard InChI is InChI=1S/C10H13FO2/c1-12-6-7-13-8-9-2-4-10(11)5-3-9/h2-5H,6-8H2,1H3. The highest BCUT2D eigenvalue weighted by atomic mass is 19.1. The second-order valence-corrected chi connectivity index (χ2v) is 2.67. The van der Waals surface area contributed by atoms with Crippen LogP contribution in [0.15, 0.2) is 24.3 Å². The fourth-order valence-corrected chi connectivity index (χ4v) is 0.913. The molecule has 0 saturated carbocycles. The predicted octanol–water partition coefficient (Wildman–Crippen LogP) is 1.99. The van der Waals surface area contributed by atoms with Crippen LogP contribution in [0, 0.1) is 5.82 Å². The highest BCUT2D eigenvalue weighted by molar-refractivity contribution is 5.14. The van der Waals surface area contributed by atoms with Crippen molar-refractivity contribution in [1.82, 2.24) is 0 Å². The van der Waals surface area contributed by atoms with Gasteiger partial charge in [-0.1, -0.05) is 12.1 Å². The third-order valence-corrected chi connectivity index (χ3v) is 1.61. The minimum atomic E-state index is -0.222. The molecule has 0 fully saturated rings. The average Bonchev–Trinajstić information content (AvgIpc) is 2.15. The van der Waals surface area contributed by atoms with Gasteiger partial charge in [-0.3, -0.25) is 0 Å². The molecular weight excluding hydrogens is 171 g/mol. The van der Waals surface area contributed by atoms with E-state index in [1.807, 2.05) is 0 Å². The Bertz CT molecular complexity index is 233. The second-order valence-electron chi connectivity index (χ2n) is 2.67. The SMILES string of the molecule is COCCOCc1ccc(F)cc1. The Morgan fingerprint density at radius 2 is 1.85 bits per heavy atom. The molecular formula is C10H13FO2. The Kier molecular flexibility index (Phi) is 4.43. The topological polar surface area (TPSA) is 18.5 Å². The first-order chi connectivity index (χ1) is 6.33. The molecule has 0 radical (unpaired) electrons. The van der Waals surface area contributed by atoms with E-state index in [0.29, 0.717) is 19.8 Å². The van der Waals surface area contributed by atoms with Gasteiger partial charge in [-0.25, -0.2) is 4.39 Å². The first kappa shape index (κ1) is 10.2. The third-order valence-electron chi connectivity index (χ3n) is 1.61. The van der Waals surface area contributed by atoms with E-state index in [-0.39, 0.29) is 5.82 Å². The van der Waals surface area contributed by atoms with Crippen molar-refractivity contribution < 1.29 is 13.9 Å². The van der Waals surface area contributed by atoms with Crippen LogP contribution in [-0.2, 0) is 16.1 Å². The molecule has 0 aromatic heterocycles. The van der Waals surface area contributed by atoms with E-state index in [9.17, 15) is 4.39 Å². The molecule has 72 valence electrons. The minimum absolute atomic E-state index is 0.222. The molecule has 0 spiro atoms. The molecule has 2 nitrogen and oxygen atoms in total. The Balaban J connectivity index is 2.25. The van der Waals surface area contributed by atoms with Gasteiger partial charge in [0.25, 0.3) is 0 Å². The van der Waals surface area contributed by atoms with Gasteiger partial charge in [-0.15, -0.1) is 0 Å². The summed E-state index contributed by atoms with van der Waals surface area (Å²) in [6.07, 6.45) is 0. The minimum Gasteiger partial charge on any atom is -0.382 e. The van der Waals surface area contributed by atoms with Gasteiger partial charge in [0.15, 0.2) is 0 Å². The van der Waals surface area contributed by atoms with Crippen LogP contribution in [0.3, 0.4) is 0 Å². The maximum Gasteiger partial charge on any atom is 0.123 e. The van der Waals surface area contributed by atoms with Gasteiger partial charge in [0.05, 0.1) is 19.8 Å². The van der Waals surface area contributed by atoms with Crippen LogP contribution >= 0.6 is 0 Å². The quantitative estimate of drug-likeness (QED) is 0.651. The maximum atomic E-state index is 12.5. The highest BCUT2D eigenvalue weighted by Crippen LogP contribution is 2.03. The zero-order valence-electron chi connectivity index (χ0n) is 7.63. The third kappa shape index (κ3) is 4.01. The maximum absolute atomic E-state index is 12.5. The summed E-state index contributed by atoms with van der Waals surface area (Å²) in [7, 11) is 1.63. The number of hydrogen-bond acceptors (Lipinski definition) is 2. The van der Waals surface area contributed by atoms with E-state index in [1.54, 1.807) is 19.2 Å². The summed E-state index contributed by atoms with van der Waals surface area (Å²) in [5.74, 6) is -0.222. The fourth-order valence-electron chi connectivity index (χ4n) is 0.913. The Hall–Kier alpha value is -0.930. The van der Waals surface area contributed by atoms with Crippen LogP contribution < -0.4 is 0 Å². The largest absolute Gasteiger partial charge is 0.382 e. The summed E-state index contributed by atoms with van der Waals surface area (Å²) < 4.78 is 22.5. The molecule has 1 rings (SSSR count). The van der Waals surface area contributed by atoms with Crippen molar-refractivity contribution >= 4 is 0 Å². The average molecular weight is 184 g/mol. The number of halogens is 1. The van der Waals surface area contributed by atoms with Crippen molar-refractivity contribution in [2.24, 2.45) is 0 Å².